The fourth-order valence-corrected chi connectivity index (χ4v) is 3.76. The second-order valence-corrected chi connectivity index (χ2v) is 7.22. The van der Waals surface area contributed by atoms with Crippen LogP contribution in [0.3, 0.4) is 0 Å². The van der Waals surface area contributed by atoms with E-state index in [1.54, 1.807) is 0 Å². The van der Waals surface area contributed by atoms with Crippen LogP contribution in [0.15, 0.2) is 107 Å². The molecule has 1 N–H and O–H groups in total. The van der Waals surface area contributed by atoms with Crippen LogP contribution in [-0.4, -0.2) is 4.98 Å². The number of para-hydroxylation sites is 5. The zero-order chi connectivity index (χ0) is 20.6. The molecule has 0 atom stereocenters. The van der Waals surface area contributed by atoms with E-state index in [0.717, 1.165) is 39.3 Å². The number of benzene rings is 3. The standard InChI is InChI=1S/C26H17N3O2.HI/c1-2-9-19-18(8-1)16-17-24(27-19)29-21-11-4-6-13-23(21)31-26(29)15-7-14-25-28-20-10-3-5-12-22(20)30-25;/h1-17H;1H. The quantitative estimate of drug-likeness (QED) is 0.288. The van der Waals surface area contributed by atoms with Gasteiger partial charge in [-0.25, -0.2) is 0 Å². The molecule has 0 fully saturated rings. The van der Waals surface area contributed by atoms with E-state index in [4.69, 9.17) is 14.1 Å². The molecule has 0 bridgehead atoms. The molecule has 6 rings (SSSR count). The number of nitrogens with one attached hydrogen (secondary N) is 1. The summed E-state index contributed by atoms with van der Waals surface area (Å²) in [5.74, 6) is 2.97. The van der Waals surface area contributed by atoms with Crippen molar-refractivity contribution < 1.29 is 37.7 Å². The molecule has 1 aliphatic rings. The molecule has 0 radical (unpaired) electrons. The summed E-state index contributed by atoms with van der Waals surface area (Å²) in [7, 11) is 0. The minimum Gasteiger partial charge on any atom is -1.00 e. The van der Waals surface area contributed by atoms with E-state index in [1.807, 2.05) is 95.6 Å². The van der Waals surface area contributed by atoms with Gasteiger partial charge in [-0.05, 0) is 53.5 Å². The first-order chi connectivity index (χ1) is 15.3. The fraction of sp³-hybridized carbons (Fsp3) is 0. The van der Waals surface area contributed by atoms with E-state index in [0.29, 0.717) is 11.8 Å². The van der Waals surface area contributed by atoms with Crippen LogP contribution in [0.5, 0.6) is 5.75 Å². The Morgan fingerprint density at radius 1 is 0.844 bits per heavy atom. The van der Waals surface area contributed by atoms with E-state index in [1.165, 1.54) is 0 Å². The highest BCUT2D eigenvalue weighted by atomic mass is 127. The average molecular weight is 531 g/mol. The monoisotopic (exact) mass is 531 g/mol. The third kappa shape index (κ3) is 3.62. The summed E-state index contributed by atoms with van der Waals surface area (Å²) in [5.41, 5.74) is 3.66. The zero-order valence-corrected chi connectivity index (χ0v) is 19.1. The third-order valence-corrected chi connectivity index (χ3v) is 5.21. The SMILES string of the molecule is C(=Cc1oc2ccccc2[n+]1-c1ccc2ccccc2n1)C=C1Nc2ccccc2O1.[I-]. The predicted octanol–water partition coefficient (Wildman–Crippen LogP) is 2.62. The van der Waals surface area contributed by atoms with Crippen LogP contribution >= 0.6 is 0 Å². The van der Waals surface area contributed by atoms with Crippen molar-refractivity contribution in [3.05, 3.63) is 109 Å². The summed E-state index contributed by atoms with van der Waals surface area (Å²) in [6.07, 6.45) is 5.70. The molecule has 3 heterocycles. The van der Waals surface area contributed by atoms with Gasteiger partial charge in [0, 0.05) is 17.5 Å². The molecule has 0 amide bonds. The lowest BCUT2D eigenvalue weighted by Crippen LogP contribution is -3.00. The van der Waals surface area contributed by atoms with E-state index in [9.17, 15) is 0 Å². The van der Waals surface area contributed by atoms with Gasteiger partial charge < -0.3 is 38.4 Å². The summed E-state index contributed by atoms with van der Waals surface area (Å²) in [4.78, 5) is 4.86. The smallest absolute Gasteiger partial charge is 0.331 e. The van der Waals surface area contributed by atoms with Gasteiger partial charge in [-0.3, -0.25) is 0 Å². The highest BCUT2D eigenvalue weighted by Crippen LogP contribution is 2.32. The number of hydrogen-bond donors (Lipinski definition) is 1. The van der Waals surface area contributed by atoms with Gasteiger partial charge in [0.25, 0.3) is 5.89 Å². The Hall–Kier alpha value is -3.65. The number of pyridine rings is 1. The first-order valence-corrected chi connectivity index (χ1v) is 10.1. The Bertz CT molecular complexity index is 1480. The lowest BCUT2D eigenvalue weighted by Gasteiger charge is -1.97. The van der Waals surface area contributed by atoms with Gasteiger partial charge in [0.1, 0.15) is 0 Å². The van der Waals surface area contributed by atoms with Gasteiger partial charge >= 0.3 is 5.82 Å². The topological polar surface area (TPSA) is 51.2 Å². The Morgan fingerprint density at radius 2 is 1.66 bits per heavy atom. The summed E-state index contributed by atoms with van der Waals surface area (Å²) in [6, 6.07) is 28.0. The number of fused-ring (bicyclic) bond motifs is 3. The number of hydrogen-bond acceptors (Lipinski definition) is 4. The molecule has 0 saturated heterocycles. The van der Waals surface area contributed by atoms with E-state index >= 15 is 0 Å². The van der Waals surface area contributed by atoms with Crippen molar-refractivity contribution >= 4 is 33.8 Å². The molecule has 0 saturated carbocycles. The summed E-state index contributed by atoms with van der Waals surface area (Å²) in [5, 5.41) is 4.35. The average Bonchev–Trinajstić information content (AvgIpc) is 3.39. The second kappa shape index (κ2) is 8.47. The van der Waals surface area contributed by atoms with E-state index in [2.05, 4.69) is 17.4 Å². The molecule has 0 aliphatic carbocycles. The van der Waals surface area contributed by atoms with Crippen LogP contribution in [-0.2, 0) is 0 Å². The van der Waals surface area contributed by atoms with Crippen molar-refractivity contribution in [1.29, 1.82) is 0 Å². The number of aromatic nitrogens is 2. The van der Waals surface area contributed by atoms with Crippen LogP contribution in [0.1, 0.15) is 5.89 Å². The molecule has 156 valence electrons. The Kier molecular flexibility index (Phi) is 5.36. The number of rotatable bonds is 3. The summed E-state index contributed by atoms with van der Waals surface area (Å²) < 4.78 is 14.0. The molecule has 5 nitrogen and oxygen atoms in total. The zero-order valence-electron chi connectivity index (χ0n) is 16.9. The van der Waals surface area contributed by atoms with Gasteiger partial charge in [0.2, 0.25) is 0 Å². The Balaban J connectivity index is 0.00000216. The van der Waals surface area contributed by atoms with Crippen LogP contribution in [0.2, 0.25) is 0 Å². The molecule has 0 unspecified atom stereocenters. The Morgan fingerprint density at radius 3 is 2.59 bits per heavy atom. The van der Waals surface area contributed by atoms with Crippen LogP contribution in [0.4, 0.5) is 5.69 Å². The minimum absolute atomic E-state index is 0. The van der Waals surface area contributed by atoms with Crippen molar-refractivity contribution in [3.63, 3.8) is 0 Å². The lowest BCUT2D eigenvalue weighted by molar-refractivity contribution is -0.579. The highest BCUT2D eigenvalue weighted by molar-refractivity contribution is 5.79. The highest BCUT2D eigenvalue weighted by Gasteiger charge is 2.21. The fourth-order valence-electron chi connectivity index (χ4n) is 3.76. The largest absolute Gasteiger partial charge is 1.00 e. The van der Waals surface area contributed by atoms with E-state index < -0.39 is 0 Å². The Labute approximate surface area is 201 Å². The van der Waals surface area contributed by atoms with Crippen LogP contribution in [0, 0.1) is 0 Å². The number of nitrogens with zero attached hydrogens (tertiary/aromatic N) is 2. The first-order valence-electron chi connectivity index (χ1n) is 10.1. The number of allylic oxidation sites excluding steroid dienone is 2. The molecule has 5 aromatic rings. The maximum Gasteiger partial charge on any atom is 0.331 e. The van der Waals surface area contributed by atoms with E-state index in [-0.39, 0.29) is 24.0 Å². The lowest BCUT2D eigenvalue weighted by atomic mass is 10.2. The molecule has 6 heteroatoms. The molecule has 2 aromatic heterocycles. The minimum atomic E-state index is 0. The van der Waals surface area contributed by atoms with Crippen LogP contribution in [0.25, 0.3) is 33.9 Å². The van der Waals surface area contributed by atoms with Gasteiger partial charge in [-0.1, -0.05) is 42.5 Å². The molecule has 32 heavy (non-hydrogen) atoms. The van der Waals surface area contributed by atoms with Gasteiger partial charge in [-0.2, -0.15) is 4.57 Å². The maximum absolute atomic E-state index is 6.14. The predicted molar refractivity (Wildman–Crippen MR) is 121 cm³/mol. The van der Waals surface area contributed by atoms with Crippen LogP contribution < -0.4 is 38.6 Å². The molecule has 1 aliphatic heterocycles. The maximum atomic E-state index is 6.14. The third-order valence-electron chi connectivity index (χ3n) is 5.21. The molecular formula is C26H18IN3O2. The number of anilines is 1. The second-order valence-electron chi connectivity index (χ2n) is 7.22. The van der Waals surface area contributed by atoms with Crippen molar-refractivity contribution in [2.24, 2.45) is 0 Å². The number of ether oxygens (including phenoxy) is 1. The van der Waals surface area contributed by atoms with Gasteiger partial charge in [-0.15, -0.1) is 0 Å². The van der Waals surface area contributed by atoms with Gasteiger partial charge in [0.15, 0.2) is 28.2 Å². The van der Waals surface area contributed by atoms with Crippen molar-refractivity contribution in [1.82, 2.24) is 4.98 Å². The molecular weight excluding hydrogens is 513 g/mol. The first kappa shape index (κ1) is 20.3. The molecule has 0 spiro atoms. The van der Waals surface area contributed by atoms with Crippen molar-refractivity contribution in [2.75, 3.05) is 5.32 Å². The van der Waals surface area contributed by atoms with Gasteiger partial charge in [0.05, 0.1) is 5.69 Å². The number of halogens is 1. The summed E-state index contributed by atoms with van der Waals surface area (Å²) >= 11 is 0. The normalized spacial score (nSPS) is 13.8. The van der Waals surface area contributed by atoms with Crippen molar-refractivity contribution in [2.45, 2.75) is 0 Å². The van der Waals surface area contributed by atoms with Crippen molar-refractivity contribution in [3.8, 4) is 11.6 Å². The number of oxazole rings is 1. The summed E-state index contributed by atoms with van der Waals surface area (Å²) in [6.45, 7) is 0. The molecule has 3 aromatic carbocycles.